The summed E-state index contributed by atoms with van der Waals surface area (Å²) in [5.41, 5.74) is 1.76. The average Bonchev–Trinajstić information content (AvgIpc) is 2.72. The molecule has 1 aromatic carbocycles. The highest BCUT2D eigenvalue weighted by Gasteiger charge is 2.18. The number of hydrogen-bond donors (Lipinski definition) is 1. The van der Waals surface area contributed by atoms with Crippen molar-refractivity contribution in [1.29, 1.82) is 0 Å². The van der Waals surface area contributed by atoms with Crippen molar-refractivity contribution in [2.45, 2.75) is 19.3 Å². The Morgan fingerprint density at radius 3 is 2.26 bits per heavy atom. The Morgan fingerprint density at radius 1 is 0.963 bits per heavy atom. The van der Waals surface area contributed by atoms with Crippen LogP contribution in [-0.4, -0.2) is 64.5 Å². The lowest BCUT2D eigenvalue weighted by atomic mass is 10.0. The molecule has 3 rings (SSSR count). The second-order valence-electron chi connectivity index (χ2n) is 6.64. The summed E-state index contributed by atoms with van der Waals surface area (Å²) < 4.78 is 0. The predicted octanol–water partition coefficient (Wildman–Crippen LogP) is 1.89. The first-order valence-electron chi connectivity index (χ1n) is 9.20. The maximum Gasteiger partial charge on any atom is 0.303 e. The molecule has 27 heavy (non-hydrogen) atoms. The predicted molar refractivity (Wildman–Crippen MR) is 102 cm³/mol. The maximum absolute atomic E-state index is 11.9. The van der Waals surface area contributed by atoms with Gasteiger partial charge in [0.25, 0.3) is 0 Å². The van der Waals surface area contributed by atoms with Gasteiger partial charge in [-0.3, -0.25) is 14.5 Å². The van der Waals surface area contributed by atoms with Gasteiger partial charge in [0.1, 0.15) is 0 Å². The first-order chi connectivity index (χ1) is 13.1. The number of carbonyl (C=O) groups excluding carboxylic acids is 1. The molecule has 0 amide bonds. The van der Waals surface area contributed by atoms with Crippen LogP contribution >= 0.6 is 0 Å². The molecule has 0 atom stereocenters. The van der Waals surface area contributed by atoms with E-state index in [0.29, 0.717) is 5.56 Å². The maximum atomic E-state index is 11.9. The Balaban J connectivity index is 1.43. The molecular weight excluding hydrogens is 344 g/mol. The highest BCUT2D eigenvalue weighted by molar-refractivity contribution is 5.97. The lowest BCUT2D eigenvalue weighted by Gasteiger charge is -2.34. The van der Waals surface area contributed by atoms with Crippen LogP contribution in [0.5, 0.6) is 0 Å². The summed E-state index contributed by atoms with van der Waals surface area (Å²) in [4.78, 5) is 35.7. The molecule has 1 aliphatic rings. The molecular formula is C20H24N4O3. The van der Waals surface area contributed by atoms with Crippen LogP contribution in [0.1, 0.15) is 28.8 Å². The number of nitrogens with zero attached hydrogens (tertiary/aromatic N) is 4. The van der Waals surface area contributed by atoms with Crippen LogP contribution in [0.15, 0.2) is 42.7 Å². The number of carbonyl (C=O) groups is 2. The Bertz CT molecular complexity index is 757. The van der Waals surface area contributed by atoms with Gasteiger partial charge in [-0.25, -0.2) is 9.97 Å². The van der Waals surface area contributed by atoms with Crippen molar-refractivity contribution in [3.63, 3.8) is 0 Å². The van der Waals surface area contributed by atoms with Gasteiger partial charge in [-0.15, -0.1) is 0 Å². The zero-order chi connectivity index (χ0) is 19.1. The summed E-state index contributed by atoms with van der Waals surface area (Å²) in [6.07, 6.45) is 4.38. The smallest absolute Gasteiger partial charge is 0.303 e. The molecule has 0 saturated carbocycles. The zero-order valence-electron chi connectivity index (χ0n) is 15.3. The SMILES string of the molecule is O=C(O)CCC(=O)c1ccc(CCN2CCN(c3ncccn3)CC2)cc1. The van der Waals surface area contributed by atoms with Crippen LogP contribution in [-0.2, 0) is 11.2 Å². The summed E-state index contributed by atoms with van der Waals surface area (Å²) in [6.45, 7) is 4.76. The van der Waals surface area contributed by atoms with E-state index in [9.17, 15) is 9.59 Å². The molecule has 7 heteroatoms. The summed E-state index contributed by atoms with van der Waals surface area (Å²) in [5, 5.41) is 8.66. The normalized spacial score (nSPS) is 14.9. The zero-order valence-corrected chi connectivity index (χ0v) is 15.3. The van der Waals surface area contributed by atoms with Crippen LogP contribution in [0.3, 0.4) is 0 Å². The monoisotopic (exact) mass is 368 g/mol. The minimum atomic E-state index is -0.945. The van der Waals surface area contributed by atoms with Gasteiger partial charge in [0.15, 0.2) is 5.78 Å². The molecule has 0 unspecified atom stereocenters. The number of rotatable bonds is 8. The number of aliphatic carboxylic acids is 1. The minimum Gasteiger partial charge on any atom is -0.481 e. The largest absolute Gasteiger partial charge is 0.481 e. The quantitative estimate of drug-likeness (QED) is 0.712. The van der Waals surface area contributed by atoms with E-state index in [1.165, 1.54) is 5.56 Å². The number of benzene rings is 1. The third kappa shape index (κ3) is 5.59. The van der Waals surface area contributed by atoms with Crippen LogP contribution in [0, 0.1) is 0 Å². The molecule has 1 fully saturated rings. The molecule has 0 radical (unpaired) electrons. The van der Waals surface area contributed by atoms with Crippen molar-refractivity contribution in [2.75, 3.05) is 37.6 Å². The third-order valence-electron chi connectivity index (χ3n) is 4.77. The van der Waals surface area contributed by atoms with Gasteiger partial charge in [-0.1, -0.05) is 24.3 Å². The fourth-order valence-electron chi connectivity index (χ4n) is 3.14. The van der Waals surface area contributed by atoms with Gasteiger partial charge in [-0.2, -0.15) is 0 Å². The molecule has 1 N–H and O–H groups in total. The van der Waals surface area contributed by atoms with E-state index in [1.54, 1.807) is 24.5 Å². The van der Waals surface area contributed by atoms with Gasteiger partial charge in [0.2, 0.25) is 5.95 Å². The standard InChI is InChI=1S/C20H24N4O3/c25-18(6-7-19(26)27)17-4-2-16(3-5-17)8-11-23-12-14-24(15-13-23)20-21-9-1-10-22-20/h1-5,9-10H,6-8,11-15H2,(H,26,27). The fourth-order valence-corrected chi connectivity index (χ4v) is 3.14. The summed E-state index contributed by atoms with van der Waals surface area (Å²) >= 11 is 0. The van der Waals surface area contributed by atoms with E-state index >= 15 is 0 Å². The van der Waals surface area contributed by atoms with Crippen LogP contribution < -0.4 is 4.90 Å². The van der Waals surface area contributed by atoms with Crippen molar-refractivity contribution in [2.24, 2.45) is 0 Å². The Kier molecular flexibility index (Phi) is 6.49. The fraction of sp³-hybridized carbons (Fsp3) is 0.400. The van der Waals surface area contributed by atoms with E-state index < -0.39 is 5.97 Å². The lowest BCUT2D eigenvalue weighted by molar-refractivity contribution is -0.136. The number of carboxylic acid groups (broad SMARTS) is 1. The first kappa shape index (κ1) is 19.0. The Hall–Kier alpha value is -2.80. The Morgan fingerprint density at radius 2 is 1.63 bits per heavy atom. The van der Waals surface area contributed by atoms with Crippen molar-refractivity contribution in [3.05, 3.63) is 53.9 Å². The van der Waals surface area contributed by atoms with E-state index in [1.807, 2.05) is 18.2 Å². The number of aromatic nitrogens is 2. The van der Waals surface area contributed by atoms with Crippen molar-refractivity contribution < 1.29 is 14.7 Å². The molecule has 1 aromatic heterocycles. The molecule has 0 bridgehead atoms. The third-order valence-corrected chi connectivity index (χ3v) is 4.77. The summed E-state index contributed by atoms with van der Waals surface area (Å²) in [7, 11) is 0. The van der Waals surface area contributed by atoms with Gasteiger partial charge in [0.05, 0.1) is 6.42 Å². The molecule has 2 aromatic rings. The molecule has 2 heterocycles. The summed E-state index contributed by atoms with van der Waals surface area (Å²) in [5.74, 6) is -0.276. The average molecular weight is 368 g/mol. The van der Waals surface area contributed by atoms with Crippen LogP contribution in [0.2, 0.25) is 0 Å². The van der Waals surface area contributed by atoms with E-state index in [0.717, 1.165) is 45.1 Å². The lowest BCUT2D eigenvalue weighted by Crippen LogP contribution is -2.47. The van der Waals surface area contributed by atoms with Crippen LogP contribution in [0.25, 0.3) is 0 Å². The molecule has 0 spiro atoms. The van der Waals surface area contributed by atoms with Crippen molar-refractivity contribution >= 4 is 17.7 Å². The molecule has 0 aliphatic carbocycles. The minimum absolute atomic E-state index is 0.0457. The second-order valence-corrected chi connectivity index (χ2v) is 6.64. The van der Waals surface area contributed by atoms with E-state index in [-0.39, 0.29) is 18.6 Å². The Labute approximate surface area is 158 Å². The molecule has 1 saturated heterocycles. The number of carboxylic acids is 1. The number of Topliss-reactive ketones (excluding diaryl/α,β-unsaturated/α-hetero) is 1. The van der Waals surface area contributed by atoms with Crippen molar-refractivity contribution in [1.82, 2.24) is 14.9 Å². The van der Waals surface area contributed by atoms with E-state index in [2.05, 4.69) is 19.8 Å². The second kappa shape index (κ2) is 9.23. The summed E-state index contributed by atoms with van der Waals surface area (Å²) in [6, 6.07) is 9.34. The van der Waals surface area contributed by atoms with Gasteiger partial charge < -0.3 is 10.0 Å². The number of ketones is 1. The first-order valence-corrected chi connectivity index (χ1v) is 9.20. The number of piperazine rings is 1. The molecule has 1 aliphatic heterocycles. The highest BCUT2D eigenvalue weighted by atomic mass is 16.4. The topological polar surface area (TPSA) is 86.6 Å². The number of hydrogen-bond acceptors (Lipinski definition) is 6. The van der Waals surface area contributed by atoms with Gasteiger partial charge in [-0.05, 0) is 18.1 Å². The van der Waals surface area contributed by atoms with E-state index in [4.69, 9.17) is 5.11 Å². The highest BCUT2D eigenvalue weighted by Crippen LogP contribution is 2.12. The van der Waals surface area contributed by atoms with Gasteiger partial charge in [0, 0.05) is 57.1 Å². The molecule has 142 valence electrons. The van der Waals surface area contributed by atoms with Crippen LogP contribution in [0.4, 0.5) is 5.95 Å². The molecule has 7 nitrogen and oxygen atoms in total. The number of anilines is 1. The van der Waals surface area contributed by atoms with Gasteiger partial charge >= 0.3 is 5.97 Å². The van der Waals surface area contributed by atoms with Crippen molar-refractivity contribution in [3.8, 4) is 0 Å².